The van der Waals surface area contributed by atoms with Gasteiger partial charge in [-0.3, -0.25) is 4.79 Å². The zero-order valence-corrected chi connectivity index (χ0v) is 10.2. The van der Waals surface area contributed by atoms with Gasteiger partial charge in [0.1, 0.15) is 11.5 Å². The molecule has 0 aliphatic heterocycles. The Hall–Kier alpha value is -2.69. The summed E-state index contributed by atoms with van der Waals surface area (Å²) in [5.41, 5.74) is 6.69. The number of nitrogens with two attached hydrogens (primary N) is 1. The molecule has 2 aromatic carbocycles. The first kappa shape index (κ1) is 12.8. The van der Waals surface area contributed by atoms with Crippen LogP contribution in [0, 0.1) is 0 Å². The monoisotopic (exact) mass is 258 g/mol. The highest BCUT2D eigenvalue weighted by Crippen LogP contribution is 2.16. The Morgan fingerprint density at radius 1 is 1.21 bits per heavy atom. The Bertz CT molecular complexity index is 584. The van der Waals surface area contributed by atoms with Crippen molar-refractivity contribution in [3.8, 4) is 11.5 Å². The summed E-state index contributed by atoms with van der Waals surface area (Å²) in [5.74, 6) is 0.314. The largest absolute Gasteiger partial charge is 0.508 e. The highest BCUT2D eigenvalue weighted by atomic mass is 16.5. The summed E-state index contributed by atoms with van der Waals surface area (Å²) >= 11 is 0. The van der Waals surface area contributed by atoms with Crippen LogP contribution in [-0.4, -0.2) is 17.6 Å². The van der Waals surface area contributed by atoms with Crippen molar-refractivity contribution < 1.29 is 14.6 Å². The molecule has 0 saturated heterocycles. The molecule has 19 heavy (non-hydrogen) atoms. The maximum Gasteiger partial charge on any atom is 0.262 e. The fourth-order valence-electron chi connectivity index (χ4n) is 1.53. The van der Waals surface area contributed by atoms with Crippen LogP contribution in [0.25, 0.3) is 0 Å². The minimum atomic E-state index is -0.312. The van der Waals surface area contributed by atoms with Gasteiger partial charge in [0.05, 0.1) is 0 Å². The third-order valence-electron chi connectivity index (χ3n) is 2.36. The van der Waals surface area contributed by atoms with Gasteiger partial charge in [-0.15, -0.1) is 0 Å². The van der Waals surface area contributed by atoms with Gasteiger partial charge in [-0.2, -0.15) is 0 Å². The van der Waals surface area contributed by atoms with Gasteiger partial charge >= 0.3 is 0 Å². The zero-order valence-electron chi connectivity index (χ0n) is 10.2. The second-order valence-electron chi connectivity index (χ2n) is 3.96. The molecule has 1 amide bonds. The predicted molar refractivity (Wildman–Crippen MR) is 73.1 cm³/mol. The Morgan fingerprint density at radius 2 is 2.00 bits per heavy atom. The Balaban J connectivity index is 1.88. The first-order chi connectivity index (χ1) is 9.13. The van der Waals surface area contributed by atoms with Crippen molar-refractivity contribution in [1.82, 2.24) is 0 Å². The van der Waals surface area contributed by atoms with E-state index in [1.165, 1.54) is 12.1 Å². The molecule has 4 N–H and O–H groups in total. The highest BCUT2D eigenvalue weighted by Gasteiger charge is 2.04. The van der Waals surface area contributed by atoms with Crippen molar-refractivity contribution >= 4 is 17.3 Å². The number of aromatic hydroxyl groups is 1. The quantitative estimate of drug-likeness (QED) is 0.732. The predicted octanol–water partition coefficient (Wildman–Crippen LogP) is 1.99. The van der Waals surface area contributed by atoms with Crippen LogP contribution in [0.4, 0.5) is 11.4 Å². The summed E-state index contributed by atoms with van der Waals surface area (Å²) in [5, 5.41) is 11.9. The Morgan fingerprint density at radius 3 is 2.74 bits per heavy atom. The second-order valence-corrected chi connectivity index (χ2v) is 3.96. The molecule has 2 aromatic rings. The molecular formula is C14H14N2O3. The number of amides is 1. The van der Waals surface area contributed by atoms with Crippen LogP contribution in [0.15, 0.2) is 48.5 Å². The Kier molecular flexibility index (Phi) is 3.87. The fraction of sp³-hybridized carbons (Fsp3) is 0.0714. The molecule has 0 heterocycles. The molecule has 0 saturated carbocycles. The molecule has 0 aliphatic rings. The number of hydrogen-bond donors (Lipinski definition) is 3. The summed E-state index contributed by atoms with van der Waals surface area (Å²) in [6, 6.07) is 13.1. The summed E-state index contributed by atoms with van der Waals surface area (Å²) in [4.78, 5) is 11.6. The number of nitrogens with one attached hydrogen (secondary N) is 1. The lowest BCUT2D eigenvalue weighted by molar-refractivity contribution is -0.118. The maximum absolute atomic E-state index is 11.6. The molecule has 0 fully saturated rings. The number of benzene rings is 2. The van der Waals surface area contributed by atoms with Crippen LogP contribution >= 0.6 is 0 Å². The molecular weight excluding hydrogens is 244 g/mol. The lowest BCUT2D eigenvalue weighted by atomic mass is 10.3. The summed E-state index contributed by atoms with van der Waals surface area (Å²) in [7, 11) is 0. The number of nitrogen functional groups attached to an aromatic ring is 1. The van der Waals surface area contributed by atoms with E-state index in [4.69, 9.17) is 10.5 Å². The molecule has 0 atom stereocenters. The fourth-order valence-corrected chi connectivity index (χ4v) is 1.53. The molecule has 0 aliphatic carbocycles. The summed E-state index contributed by atoms with van der Waals surface area (Å²) in [6.07, 6.45) is 0. The van der Waals surface area contributed by atoms with Crippen LogP contribution in [0.1, 0.15) is 0 Å². The lowest BCUT2D eigenvalue weighted by Gasteiger charge is -2.08. The van der Waals surface area contributed by atoms with Crippen molar-refractivity contribution in [1.29, 1.82) is 0 Å². The van der Waals surface area contributed by atoms with E-state index in [9.17, 15) is 9.90 Å². The average molecular weight is 258 g/mol. The number of carbonyl (C=O) groups is 1. The minimum absolute atomic E-state index is 0.0922. The smallest absolute Gasteiger partial charge is 0.262 e. The normalized spacial score (nSPS) is 9.89. The van der Waals surface area contributed by atoms with E-state index in [-0.39, 0.29) is 18.3 Å². The Labute approximate surface area is 110 Å². The molecule has 2 rings (SSSR count). The molecule has 0 bridgehead atoms. The highest BCUT2D eigenvalue weighted by molar-refractivity contribution is 5.92. The number of phenols is 1. The van der Waals surface area contributed by atoms with Crippen molar-refractivity contribution in [3.63, 3.8) is 0 Å². The zero-order chi connectivity index (χ0) is 13.7. The van der Waals surface area contributed by atoms with Crippen LogP contribution in [0.5, 0.6) is 11.5 Å². The van der Waals surface area contributed by atoms with E-state index in [0.717, 1.165) is 0 Å². The number of phenolic OH excluding ortho intramolecular Hbond substituents is 1. The number of carbonyl (C=O) groups excluding carboxylic acids is 1. The van der Waals surface area contributed by atoms with Gasteiger partial charge in [0, 0.05) is 23.5 Å². The van der Waals surface area contributed by atoms with Crippen LogP contribution in [0.3, 0.4) is 0 Å². The summed E-state index contributed by atoms with van der Waals surface area (Å²) in [6.45, 7) is -0.126. The number of rotatable bonds is 4. The van der Waals surface area contributed by atoms with Crippen molar-refractivity contribution in [3.05, 3.63) is 48.5 Å². The van der Waals surface area contributed by atoms with Crippen LogP contribution < -0.4 is 15.8 Å². The maximum atomic E-state index is 11.6. The van der Waals surface area contributed by atoms with Gasteiger partial charge in [-0.25, -0.2) is 0 Å². The lowest BCUT2D eigenvalue weighted by Crippen LogP contribution is -2.20. The van der Waals surface area contributed by atoms with Gasteiger partial charge in [0.25, 0.3) is 5.91 Å². The van der Waals surface area contributed by atoms with Crippen molar-refractivity contribution in [2.45, 2.75) is 0 Å². The van der Waals surface area contributed by atoms with E-state index in [2.05, 4.69) is 5.32 Å². The number of anilines is 2. The van der Waals surface area contributed by atoms with Gasteiger partial charge < -0.3 is 20.9 Å². The third-order valence-corrected chi connectivity index (χ3v) is 2.36. The van der Waals surface area contributed by atoms with Crippen LogP contribution in [-0.2, 0) is 4.79 Å². The molecule has 5 nitrogen and oxygen atoms in total. The third kappa shape index (κ3) is 3.92. The van der Waals surface area contributed by atoms with Gasteiger partial charge in [-0.05, 0) is 24.3 Å². The first-order valence-electron chi connectivity index (χ1n) is 5.71. The first-order valence-corrected chi connectivity index (χ1v) is 5.71. The van der Waals surface area contributed by atoms with E-state index in [0.29, 0.717) is 17.1 Å². The summed E-state index contributed by atoms with van der Waals surface area (Å²) < 4.78 is 5.30. The van der Waals surface area contributed by atoms with Crippen molar-refractivity contribution in [2.24, 2.45) is 0 Å². The van der Waals surface area contributed by atoms with E-state index >= 15 is 0 Å². The van der Waals surface area contributed by atoms with Gasteiger partial charge in [0.2, 0.25) is 0 Å². The molecule has 0 unspecified atom stereocenters. The van der Waals surface area contributed by atoms with Crippen LogP contribution in [0.2, 0.25) is 0 Å². The average Bonchev–Trinajstić information content (AvgIpc) is 2.36. The van der Waals surface area contributed by atoms with E-state index < -0.39 is 0 Å². The van der Waals surface area contributed by atoms with Gasteiger partial charge in [0.15, 0.2) is 6.61 Å². The topological polar surface area (TPSA) is 84.6 Å². The SMILES string of the molecule is Nc1cccc(OCC(=O)Nc2cccc(O)c2)c1. The molecule has 0 spiro atoms. The molecule has 5 heteroatoms. The number of hydrogen-bond acceptors (Lipinski definition) is 4. The van der Waals surface area contributed by atoms with Gasteiger partial charge in [-0.1, -0.05) is 12.1 Å². The number of ether oxygens (including phenoxy) is 1. The molecule has 0 aromatic heterocycles. The molecule has 0 radical (unpaired) electrons. The van der Waals surface area contributed by atoms with Crippen molar-refractivity contribution in [2.75, 3.05) is 17.7 Å². The molecule has 98 valence electrons. The second kappa shape index (κ2) is 5.77. The minimum Gasteiger partial charge on any atom is -0.508 e. The standard InChI is InChI=1S/C14H14N2O3/c15-10-3-1-6-13(7-10)19-9-14(18)16-11-4-2-5-12(17)8-11/h1-8,17H,9,15H2,(H,16,18). The van der Waals surface area contributed by atoms with E-state index in [1.807, 2.05) is 0 Å². The van der Waals surface area contributed by atoms with E-state index in [1.54, 1.807) is 36.4 Å².